The van der Waals surface area contributed by atoms with Crippen molar-refractivity contribution in [2.45, 2.75) is 6.10 Å². The van der Waals surface area contributed by atoms with E-state index < -0.39 is 12.1 Å². The molecule has 0 saturated heterocycles. The first-order valence-corrected chi connectivity index (χ1v) is 8.25. The van der Waals surface area contributed by atoms with Gasteiger partial charge in [-0.1, -0.05) is 30.4 Å². The molecule has 4 rings (SSSR count). The maximum atomic E-state index is 12.3. The molecule has 0 spiro atoms. The van der Waals surface area contributed by atoms with Gasteiger partial charge >= 0.3 is 5.97 Å². The summed E-state index contributed by atoms with van der Waals surface area (Å²) in [6.07, 6.45) is 9.65. The molecule has 1 aromatic rings. The Hall–Kier alpha value is -3.18. The quantitative estimate of drug-likeness (QED) is 0.636. The van der Waals surface area contributed by atoms with E-state index in [-0.39, 0.29) is 5.92 Å². The Balaban J connectivity index is 1.98. The Morgan fingerprint density at radius 1 is 1.23 bits per heavy atom. The Bertz CT molecular complexity index is 962. The van der Waals surface area contributed by atoms with Gasteiger partial charge < -0.3 is 20.0 Å². The van der Waals surface area contributed by atoms with Crippen LogP contribution in [-0.2, 0) is 9.47 Å². The van der Waals surface area contributed by atoms with Gasteiger partial charge in [0.1, 0.15) is 11.5 Å². The van der Waals surface area contributed by atoms with E-state index >= 15 is 0 Å². The number of allylic oxidation sites excluding steroid dienone is 4. The molecular weight excluding hydrogens is 330 g/mol. The molecule has 0 radical (unpaired) electrons. The van der Waals surface area contributed by atoms with Crippen LogP contribution in [0.25, 0.3) is 5.57 Å². The third-order valence-electron chi connectivity index (χ3n) is 4.58. The molecule has 5 nitrogen and oxygen atoms in total. The maximum absolute atomic E-state index is 12.3. The van der Waals surface area contributed by atoms with Gasteiger partial charge in [-0.05, 0) is 35.4 Å². The molecule has 26 heavy (non-hydrogen) atoms. The number of rotatable bonds is 2. The van der Waals surface area contributed by atoms with E-state index in [4.69, 9.17) is 14.9 Å². The number of aliphatic hydroxyl groups is 1. The van der Waals surface area contributed by atoms with Crippen LogP contribution in [0.3, 0.4) is 0 Å². The number of hydrogen-bond acceptors (Lipinski definition) is 5. The van der Waals surface area contributed by atoms with Crippen LogP contribution in [0, 0.1) is 11.3 Å². The average Bonchev–Trinajstić information content (AvgIpc) is 2.65. The summed E-state index contributed by atoms with van der Waals surface area (Å²) in [5.74, 6) is 0.488. The lowest BCUT2D eigenvalue weighted by Crippen LogP contribution is -2.23. The van der Waals surface area contributed by atoms with Crippen LogP contribution in [0.5, 0.6) is 0 Å². The van der Waals surface area contributed by atoms with E-state index in [1.54, 1.807) is 36.4 Å². The third kappa shape index (κ3) is 2.62. The number of aliphatic hydroxyl groups excluding tert-OH is 1. The van der Waals surface area contributed by atoms with Crippen molar-refractivity contribution in [3.8, 4) is 0 Å². The second kappa shape index (κ2) is 6.28. The van der Waals surface area contributed by atoms with Gasteiger partial charge in [0.2, 0.25) is 0 Å². The molecule has 2 aliphatic carbocycles. The van der Waals surface area contributed by atoms with Gasteiger partial charge in [-0.2, -0.15) is 0 Å². The lowest BCUT2D eigenvalue weighted by Gasteiger charge is -2.34. The van der Waals surface area contributed by atoms with Gasteiger partial charge in [-0.25, -0.2) is 4.79 Å². The molecule has 5 heteroatoms. The molecule has 1 aromatic carbocycles. The normalized spacial score (nSPS) is 23.5. The minimum absolute atomic E-state index is 0.228. The van der Waals surface area contributed by atoms with Gasteiger partial charge in [0.25, 0.3) is 0 Å². The van der Waals surface area contributed by atoms with Crippen molar-refractivity contribution in [3.63, 3.8) is 0 Å². The zero-order valence-electron chi connectivity index (χ0n) is 14.1. The summed E-state index contributed by atoms with van der Waals surface area (Å²) in [7, 11) is 1.36. The summed E-state index contributed by atoms with van der Waals surface area (Å²) >= 11 is 0. The molecule has 1 heterocycles. The van der Waals surface area contributed by atoms with Gasteiger partial charge in [0.15, 0.2) is 0 Å². The number of esters is 1. The zero-order valence-corrected chi connectivity index (χ0v) is 14.1. The molecule has 0 bridgehead atoms. The molecule has 130 valence electrons. The molecular formula is C21H17NO4. The fraction of sp³-hybridized carbons (Fsp3) is 0.143. The predicted molar refractivity (Wildman–Crippen MR) is 97.5 cm³/mol. The number of nitrogens with one attached hydrogen (secondary N) is 1. The van der Waals surface area contributed by atoms with E-state index in [1.807, 2.05) is 24.3 Å². The largest absolute Gasteiger partial charge is 0.465 e. The Morgan fingerprint density at radius 2 is 2.04 bits per heavy atom. The molecule has 2 atom stereocenters. The van der Waals surface area contributed by atoms with Gasteiger partial charge in [0, 0.05) is 11.6 Å². The van der Waals surface area contributed by atoms with Gasteiger partial charge in [-0.3, -0.25) is 0 Å². The highest BCUT2D eigenvalue weighted by Gasteiger charge is 2.35. The highest BCUT2D eigenvalue weighted by molar-refractivity contribution is 6.06. The van der Waals surface area contributed by atoms with Crippen LogP contribution in [0.15, 0.2) is 77.8 Å². The first-order valence-electron chi connectivity index (χ1n) is 8.25. The Kier molecular flexibility index (Phi) is 3.93. The summed E-state index contributed by atoms with van der Waals surface area (Å²) in [4.78, 5) is 12.3. The summed E-state index contributed by atoms with van der Waals surface area (Å²) in [6.45, 7) is 0. The number of carbonyl (C=O) groups is 1. The third-order valence-corrected chi connectivity index (χ3v) is 4.58. The molecule has 2 N–H and O–H groups in total. The van der Waals surface area contributed by atoms with E-state index in [2.05, 4.69) is 0 Å². The van der Waals surface area contributed by atoms with Crippen LogP contribution in [0.1, 0.15) is 15.9 Å². The number of ether oxygens (including phenoxy) is 2. The first kappa shape index (κ1) is 16.3. The standard InChI is InChI=1S/C21H17NO4/c1-25-21(24)15-5-3-2-4-14(15)20-16-8-6-12(22)10-18(16)26-19-11-13(23)7-9-17(19)20/h2-11,13,17,22-23H,1H3. The predicted octanol–water partition coefficient (Wildman–Crippen LogP) is 3.16. The van der Waals surface area contributed by atoms with Crippen molar-refractivity contribution in [2.24, 2.45) is 5.92 Å². The first-order chi connectivity index (χ1) is 12.6. The summed E-state index contributed by atoms with van der Waals surface area (Å²) < 4.78 is 10.9. The van der Waals surface area contributed by atoms with Crippen LogP contribution < -0.4 is 0 Å². The second-order valence-corrected chi connectivity index (χ2v) is 6.19. The summed E-state index contributed by atoms with van der Waals surface area (Å²) in [6, 6.07) is 7.27. The van der Waals surface area contributed by atoms with E-state index in [0.29, 0.717) is 22.8 Å². The Labute approximate surface area is 150 Å². The van der Waals surface area contributed by atoms with Gasteiger partial charge in [0.05, 0.1) is 30.4 Å². The second-order valence-electron chi connectivity index (χ2n) is 6.19. The molecule has 3 aliphatic rings. The van der Waals surface area contributed by atoms with Crippen LogP contribution in [0.4, 0.5) is 0 Å². The minimum atomic E-state index is -0.723. The number of carbonyl (C=O) groups excluding carboxylic acids is 1. The van der Waals surface area contributed by atoms with Gasteiger partial charge in [-0.15, -0.1) is 0 Å². The van der Waals surface area contributed by atoms with Crippen molar-refractivity contribution in [1.82, 2.24) is 0 Å². The molecule has 1 aliphatic heterocycles. The van der Waals surface area contributed by atoms with Crippen LogP contribution >= 0.6 is 0 Å². The molecule has 0 aromatic heterocycles. The zero-order chi connectivity index (χ0) is 18.3. The number of methoxy groups -OCH3 is 1. The SMILES string of the molecule is COC(=O)c1ccccc1C1=C2C=CC(=N)C=C2OC2=CC(O)C=CC21. The number of fused-ring (bicyclic) bond motifs is 2. The fourth-order valence-electron chi connectivity index (χ4n) is 3.43. The van der Waals surface area contributed by atoms with E-state index in [1.165, 1.54) is 7.11 Å². The molecule has 2 unspecified atom stereocenters. The van der Waals surface area contributed by atoms with Crippen molar-refractivity contribution in [1.29, 1.82) is 5.41 Å². The lowest BCUT2D eigenvalue weighted by molar-refractivity contribution is 0.0600. The van der Waals surface area contributed by atoms with E-state index in [0.717, 1.165) is 16.7 Å². The molecule has 0 fully saturated rings. The summed E-state index contributed by atoms with van der Waals surface area (Å²) in [5.41, 5.74) is 3.25. The molecule has 0 saturated carbocycles. The average molecular weight is 347 g/mol. The van der Waals surface area contributed by atoms with Crippen LogP contribution in [-0.4, -0.2) is 30.0 Å². The highest BCUT2D eigenvalue weighted by atomic mass is 16.5. The van der Waals surface area contributed by atoms with Crippen LogP contribution in [0.2, 0.25) is 0 Å². The highest BCUT2D eigenvalue weighted by Crippen LogP contribution is 2.45. The molecule has 0 amide bonds. The van der Waals surface area contributed by atoms with Crippen molar-refractivity contribution in [3.05, 3.63) is 88.9 Å². The fourth-order valence-corrected chi connectivity index (χ4v) is 3.43. The maximum Gasteiger partial charge on any atom is 0.338 e. The Morgan fingerprint density at radius 3 is 2.85 bits per heavy atom. The summed E-state index contributed by atoms with van der Waals surface area (Å²) in [5, 5.41) is 17.8. The van der Waals surface area contributed by atoms with Crippen molar-refractivity contribution in [2.75, 3.05) is 7.11 Å². The topological polar surface area (TPSA) is 79.6 Å². The smallest absolute Gasteiger partial charge is 0.338 e. The minimum Gasteiger partial charge on any atom is -0.465 e. The van der Waals surface area contributed by atoms with E-state index in [9.17, 15) is 9.90 Å². The number of hydrogen-bond donors (Lipinski definition) is 2. The monoisotopic (exact) mass is 347 g/mol. The van der Waals surface area contributed by atoms with Crippen molar-refractivity contribution < 1.29 is 19.4 Å². The number of benzene rings is 1. The van der Waals surface area contributed by atoms with Crippen molar-refractivity contribution >= 4 is 17.3 Å². The lowest BCUT2D eigenvalue weighted by atomic mass is 9.79.